The number of carbonyl (C=O) groups excluding carboxylic acids is 1. The van der Waals surface area contributed by atoms with Crippen LogP contribution in [0.1, 0.15) is 39.2 Å². The zero-order chi connectivity index (χ0) is 15.7. The van der Waals surface area contributed by atoms with Gasteiger partial charge >= 0.3 is 0 Å². The highest BCUT2D eigenvalue weighted by Crippen LogP contribution is 2.13. The molecular weight excluding hydrogens is 268 g/mol. The molecule has 5 heteroatoms. The first-order valence-corrected chi connectivity index (χ1v) is 7.27. The molecule has 0 bridgehead atoms. The maximum atomic E-state index is 11.7. The molecule has 0 aliphatic heterocycles. The molecule has 0 fully saturated rings. The van der Waals surface area contributed by atoms with Crippen molar-refractivity contribution in [3.63, 3.8) is 0 Å². The second-order valence-electron chi connectivity index (χ2n) is 5.03. The predicted molar refractivity (Wildman–Crippen MR) is 83.0 cm³/mol. The molecule has 0 radical (unpaired) electrons. The summed E-state index contributed by atoms with van der Waals surface area (Å²) < 4.78 is 5.45. The lowest BCUT2D eigenvalue weighted by molar-refractivity contribution is -0.123. The molecule has 5 nitrogen and oxygen atoms in total. The van der Waals surface area contributed by atoms with Gasteiger partial charge < -0.3 is 15.3 Å². The van der Waals surface area contributed by atoms with E-state index in [2.05, 4.69) is 10.5 Å². The van der Waals surface area contributed by atoms with Crippen LogP contribution in [0.4, 0.5) is 0 Å². The average Bonchev–Trinajstić information content (AvgIpc) is 2.51. The number of hydrogen-bond donors (Lipinski definition) is 2. The Balaban J connectivity index is 2.44. The smallest absolute Gasteiger partial charge is 0.258 e. The van der Waals surface area contributed by atoms with E-state index in [0.717, 1.165) is 18.4 Å². The molecule has 0 atom stereocenters. The van der Waals surface area contributed by atoms with Crippen molar-refractivity contribution in [2.45, 2.75) is 46.1 Å². The summed E-state index contributed by atoms with van der Waals surface area (Å²) in [4.78, 5) is 11.7. The predicted octanol–water partition coefficient (Wildman–Crippen LogP) is 2.76. The number of carbonyl (C=O) groups is 1. The number of amides is 1. The summed E-state index contributed by atoms with van der Waals surface area (Å²) in [5.41, 5.74) is 1.67. The van der Waals surface area contributed by atoms with Crippen molar-refractivity contribution >= 4 is 11.6 Å². The van der Waals surface area contributed by atoms with Crippen LogP contribution in [0.5, 0.6) is 5.75 Å². The molecule has 1 aromatic carbocycles. The fourth-order valence-electron chi connectivity index (χ4n) is 1.95. The van der Waals surface area contributed by atoms with Crippen LogP contribution in [0, 0.1) is 0 Å². The van der Waals surface area contributed by atoms with Crippen molar-refractivity contribution in [1.82, 2.24) is 5.32 Å². The van der Waals surface area contributed by atoms with Crippen LogP contribution in [-0.2, 0) is 11.2 Å². The third-order valence-electron chi connectivity index (χ3n) is 3.27. The second-order valence-corrected chi connectivity index (χ2v) is 5.03. The van der Waals surface area contributed by atoms with Crippen molar-refractivity contribution in [2.24, 2.45) is 5.16 Å². The lowest BCUT2D eigenvalue weighted by Gasteiger charge is -2.15. The zero-order valence-electron chi connectivity index (χ0n) is 12.9. The SMILES string of the molecule is CCC(CC)NC(=O)COc1ccc(C/C(C)=N/O)cc1. The third-order valence-corrected chi connectivity index (χ3v) is 3.27. The monoisotopic (exact) mass is 292 g/mol. The van der Waals surface area contributed by atoms with Crippen molar-refractivity contribution in [3.8, 4) is 5.75 Å². The molecule has 0 saturated heterocycles. The summed E-state index contributed by atoms with van der Waals surface area (Å²) in [7, 11) is 0. The zero-order valence-corrected chi connectivity index (χ0v) is 12.9. The van der Waals surface area contributed by atoms with Crippen molar-refractivity contribution in [1.29, 1.82) is 0 Å². The quantitative estimate of drug-likeness (QED) is 0.440. The molecule has 0 spiro atoms. The van der Waals surface area contributed by atoms with E-state index >= 15 is 0 Å². The number of rotatable bonds is 8. The molecule has 0 saturated carbocycles. The standard InChI is InChI=1S/C16H24N2O3/c1-4-14(5-2)17-16(19)11-21-15-8-6-13(7-9-15)10-12(3)18-20/h6-9,14,20H,4-5,10-11H2,1-3H3,(H,17,19)/b18-12+. The van der Waals surface area contributed by atoms with Gasteiger partial charge in [-0.05, 0) is 37.5 Å². The fraction of sp³-hybridized carbons (Fsp3) is 0.500. The van der Waals surface area contributed by atoms with Gasteiger partial charge in [0.15, 0.2) is 6.61 Å². The summed E-state index contributed by atoms with van der Waals surface area (Å²) in [6, 6.07) is 7.62. The van der Waals surface area contributed by atoms with Crippen LogP contribution in [0.25, 0.3) is 0 Å². The lowest BCUT2D eigenvalue weighted by atomic mass is 10.1. The second kappa shape index (κ2) is 9.00. The van der Waals surface area contributed by atoms with Crippen LogP contribution >= 0.6 is 0 Å². The van der Waals surface area contributed by atoms with Crippen LogP contribution < -0.4 is 10.1 Å². The van der Waals surface area contributed by atoms with Crippen molar-refractivity contribution in [3.05, 3.63) is 29.8 Å². The highest BCUT2D eigenvalue weighted by molar-refractivity contribution is 5.83. The van der Waals surface area contributed by atoms with Gasteiger partial charge in [-0.15, -0.1) is 0 Å². The summed E-state index contributed by atoms with van der Waals surface area (Å²) >= 11 is 0. The van der Waals surface area contributed by atoms with E-state index in [1.165, 1.54) is 0 Å². The van der Waals surface area contributed by atoms with Crippen LogP contribution in [-0.4, -0.2) is 29.5 Å². The van der Waals surface area contributed by atoms with E-state index in [-0.39, 0.29) is 18.6 Å². The molecule has 1 amide bonds. The van der Waals surface area contributed by atoms with Gasteiger partial charge in [-0.2, -0.15) is 0 Å². The number of nitrogens with one attached hydrogen (secondary N) is 1. The molecule has 2 N–H and O–H groups in total. The van der Waals surface area contributed by atoms with Crippen molar-refractivity contribution in [2.75, 3.05) is 6.61 Å². The van der Waals surface area contributed by atoms with Gasteiger partial charge in [0.05, 0.1) is 5.71 Å². The summed E-state index contributed by atoms with van der Waals surface area (Å²) in [6.45, 7) is 5.87. The van der Waals surface area contributed by atoms with Crippen LogP contribution in [0.2, 0.25) is 0 Å². The molecule has 0 aliphatic rings. The molecule has 0 aromatic heterocycles. The third kappa shape index (κ3) is 6.29. The Morgan fingerprint density at radius 3 is 2.43 bits per heavy atom. The van der Waals surface area contributed by atoms with Gasteiger partial charge in [0.25, 0.3) is 5.91 Å². The molecule has 1 aromatic rings. The molecule has 1 rings (SSSR count). The minimum Gasteiger partial charge on any atom is -0.484 e. The first-order valence-electron chi connectivity index (χ1n) is 7.27. The van der Waals surface area contributed by atoms with Gasteiger partial charge in [-0.3, -0.25) is 4.79 Å². The normalized spacial score (nSPS) is 11.5. The van der Waals surface area contributed by atoms with Crippen molar-refractivity contribution < 1.29 is 14.7 Å². The van der Waals surface area contributed by atoms with Crippen LogP contribution in [0.3, 0.4) is 0 Å². The van der Waals surface area contributed by atoms with Gasteiger partial charge in [0, 0.05) is 12.5 Å². The Hall–Kier alpha value is -2.04. The average molecular weight is 292 g/mol. The Morgan fingerprint density at radius 1 is 1.29 bits per heavy atom. The first kappa shape index (κ1) is 17.0. The molecule has 0 aliphatic carbocycles. The van der Waals surface area contributed by atoms with Gasteiger partial charge in [0.1, 0.15) is 5.75 Å². The largest absolute Gasteiger partial charge is 0.484 e. The summed E-state index contributed by atoms with van der Waals surface area (Å²) in [6.07, 6.45) is 2.43. The Morgan fingerprint density at radius 2 is 1.90 bits per heavy atom. The van der Waals surface area contributed by atoms with E-state index in [9.17, 15) is 4.79 Å². The fourth-order valence-corrected chi connectivity index (χ4v) is 1.95. The molecule has 116 valence electrons. The van der Waals surface area contributed by atoms with Crippen LogP contribution in [0.15, 0.2) is 29.4 Å². The van der Waals surface area contributed by atoms with E-state index < -0.39 is 0 Å². The van der Waals surface area contributed by atoms with E-state index in [1.807, 2.05) is 38.1 Å². The Bertz CT molecular complexity index is 465. The minimum atomic E-state index is -0.101. The number of benzene rings is 1. The van der Waals surface area contributed by atoms with Gasteiger partial charge in [-0.25, -0.2) is 0 Å². The van der Waals surface area contributed by atoms with Gasteiger partial charge in [0.2, 0.25) is 0 Å². The minimum absolute atomic E-state index is 0.0208. The molecular formula is C16H24N2O3. The summed E-state index contributed by atoms with van der Waals surface area (Å²) in [5.74, 6) is 0.549. The summed E-state index contributed by atoms with van der Waals surface area (Å²) in [5, 5.41) is 14.7. The molecule has 0 unspecified atom stereocenters. The Kier molecular flexibility index (Phi) is 7.29. The number of oxime groups is 1. The first-order chi connectivity index (χ1) is 10.1. The highest BCUT2D eigenvalue weighted by atomic mass is 16.5. The maximum Gasteiger partial charge on any atom is 0.258 e. The van der Waals surface area contributed by atoms with E-state index in [0.29, 0.717) is 17.9 Å². The number of ether oxygens (including phenoxy) is 1. The molecule has 21 heavy (non-hydrogen) atoms. The lowest BCUT2D eigenvalue weighted by Crippen LogP contribution is -2.37. The number of hydrogen-bond acceptors (Lipinski definition) is 4. The molecule has 0 heterocycles. The highest BCUT2D eigenvalue weighted by Gasteiger charge is 2.08. The number of nitrogens with zero attached hydrogens (tertiary/aromatic N) is 1. The Labute approximate surface area is 126 Å². The van der Waals surface area contributed by atoms with Gasteiger partial charge in [-0.1, -0.05) is 31.1 Å². The topological polar surface area (TPSA) is 70.9 Å². The van der Waals surface area contributed by atoms with E-state index in [4.69, 9.17) is 9.94 Å². The maximum absolute atomic E-state index is 11.7. The van der Waals surface area contributed by atoms with E-state index in [1.54, 1.807) is 6.92 Å².